The molecule has 4 heteroatoms. The van der Waals surface area contributed by atoms with Crippen LogP contribution in [-0.2, 0) is 0 Å². The van der Waals surface area contributed by atoms with E-state index in [1.54, 1.807) is 0 Å². The molecule has 0 N–H and O–H groups in total. The topological polar surface area (TPSA) is 15.6 Å². The fourth-order valence-electron chi connectivity index (χ4n) is 2.09. The van der Waals surface area contributed by atoms with Crippen LogP contribution >= 0.6 is 11.6 Å². The predicted octanol–water partition coefficient (Wildman–Crippen LogP) is 3.29. The minimum atomic E-state index is 0.761. The summed E-state index contributed by atoms with van der Waals surface area (Å²) < 4.78 is 0. The maximum absolute atomic E-state index is 5.89. The van der Waals surface area contributed by atoms with E-state index in [9.17, 15) is 0 Å². The van der Waals surface area contributed by atoms with Crippen LogP contribution in [-0.4, -0.2) is 19.2 Å². The third kappa shape index (κ3) is 2.32. The Bertz CT molecular complexity index is 566. The normalized spacial score (nSPS) is 14.5. The van der Waals surface area contributed by atoms with E-state index in [-0.39, 0.29) is 0 Å². The Hall–Kier alpha value is -1.61. The molecular formula is C14H12BClN2. The van der Waals surface area contributed by atoms with Crippen LogP contribution in [0.3, 0.4) is 0 Å². The van der Waals surface area contributed by atoms with Gasteiger partial charge in [-0.3, -0.25) is 0 Å². The quantitative estimate of drug-likeness (QED) is 0.803. The molecule has 1 aromatic heterocycles. The van der Waals surface area contributed by atoms with Gasteiger partial charge in [-0.15, -0.1) is 0 Å². The molecule has 0 aliphatic carbocycles. The SMILES string of the molecule is Clc1ccc(C2=NN(c3ccbcc3)CC2)cc1. The molecule has 0 saturated carbocycles. The number of halogens is 1. The molecule has 88 valence electrons. The summed E-state index contributed by atoms with van der Waals surface area (Å²) >= 11 is 5.89. The van der Waals surface area contributed by atoms with Crippen LogP contribution in [0.1, 0.15) is 12.0 Å². The van der Waals surface area contributed by atoms with Gasteiger partial charge in [0.25, 0.3) is 0 Å². The van der Waals surface area contributed by atoms with Gasteiger partial charge in [0.05, 0.1) is 0 Å². The number of rotatable bonds is 2. The second-order valence-corrected chi connectivity index (χ2v) is 4.70. The van der Waals surface area contributed by atoms with Gasteiger partial charge >= 0.3 is 112 Å². The zero-order valence-corrected chi connectivity index (χ0v) is 10.6. The van der Waals surface area contributed by atoms with Crippen molar-refractivity contribution in [1.29, 1.82) is 0 Å². The third-order valence-corrected chi connectivity index (χ3v) is 3.29. The van der Waals surface area contributed by atoms with E-state index in [4.69, 9.17) is 11.6 Å². The molecular weight excluding hydrogens is 242 g/mol. The summed E-state index contributed by atoms with van der Waals surface area (Å²) in [5.41, 5.74) is 3.41. The first kappa shape index (κ1) is 11.5. The van der Waals surface area contributed by atoms with Gasteiger partial charge in [0.2, 0.25) is 0 Å². The second-order valence-electron chi connectivity index (χ2n) is 4.26. The van der Waals surface area contributed by atoms with Crippen molar-refractivity contribution >= 4 is 29.9 Å². The van der Waals surface area contributed by atoms with Crippen molar-refractivity contribution in [2.45, 2.75) is 6.42 Å². The summed E-state index contributed by atoms with van der Waals surface area (Å²) in [7, 11) is 0. The van der Waals surface area contributed by atoms with Gasteiger partial charge in [-0.2, -0.15) is 0 Å². The van der Waals surface area contributed by atoms with Gasteiger partial charge in [-0.1, -0.05) is 0 Å². The van der Waals surface area contributed by atoms with Gasteiger partial charge in [-0.05, 0) is 0 Å². The van der Waals surface area contributed by atoms with E-state index in [2.05, 4.69) is 17.2 Å². The van der Waals surface area contributed by atoms with Crippen molar-refractivity contribution in [1.82, 2.24) is 0 Å². The Kier molecular flexibility index (Phi) is 3.16. The Morgan fingerprint density at radius 3 is 2.50 bits per heavy atom. The van der Waals surface area contributed by atoms with Crippen LogP contribution in [0.25, 0.3) is 0 Å². The Labute approximate surface area is 112 Å². The van der Waals surface area contributed by atoms with Crippen molar-refractivity contribution in [3.05, 3.63) is 58.9 Å². The van der Waals surface area contributed by atoms with Crippen LogP contribution in [0.4, 0.5) is 5.69 Å². The Morgan fingerprint density at radius 2 is 1.78 bits per heavy atom. The maximum atomic E-state index is 5.89. The van der Waals surface area contributed by atoms with E-state index in [0.29, 0.717) is 0 Å². The summed E-state index contributed by atoms with van der Waals surface area (Å²) in [5, 5.41) is 7.47. The molecule has 2 nitrogen and oxygen atoms in total. The first-order valence-corrected chi connectivity index (χ1v) is 6.37. The molecule has 1 aromatic carbocycles. The molecule has 0 unspecified atom stereocenters. The zero-order valence-electron chi connectivity index (χ0n) is 9.88. The summed E-state index contributed by atoms with van der Waals surface area (Å²) in [5.74, 6) is 4.07. The average molecular weight is 255 g/mol. The molecule has 3 rings (SSSR count). The van der Waals surface area contributed by atoms with E-state index < -0.39 is 0 Å². The van der Waals surface area contributed by atoms with Crippen molar-refractivity contribution in [2.24, 2.45) is 5.10 Å². The number of hydrazone groups is 1. The van der Waals surface area contributed by atoms with Crippen LogP contribution in [0.2, 0.25) is 5.02 Å². The van der Waals surface area contributed by atoms with Gasteiger partial charge in [-0.25, -0.2) is 0 Å². The molecule has 1 aliphatic heterocycles. The van der Waals surface area contributed by atoms with Crippen molar-refractivity contribution in [2.75, 3.05) is 11.6 Å². The van der Waals surface area contributed by atoms with Crippen molar-refractivity contribution < 1.29 is 0 Å². The average Bonchev–Trinajstić information content (AvgIpc) is 2.90. The minimum absolute atomic E-state index is 0.761. The van der Waals surface area contributed by atoms with Crippen molar-refractivity contribution in [3.8, 4) is 0 Å². The van der Waals surface area contributed by atoms with Crippen LogP contribution in [0.5, 0.6) is 0 Å². The summed E-state index contributed by atoms with van der Waals surface area (Å²) in [4.78, 5) is 0. The monoisotopic (exact) mass is 254 g/mol. The number of hydrogen-bond acceptors (Lipinski definition) is 2. The van der Waals surface area contributed by atoms with E-state index in [1.807, 2.05) is 48.1 Å². The molecule has 0 fully saturated rings. The predicted molar refractivity (Wildman–Crippen MR) is 77.7 cm³/mol. The summed E-state index contributed by atoms with van der Waals surface area (Å²) in [6.45, 7) is 2.95. The molecule has 0 saturated heterocycles. The number of hydrogen-bond donors (Lipinski definition) is 0. The Morgan fingerprint density at radius 1 is 1.06 bits per heavy atom. The molecule has 0 radical (unpaired) electrons. The first-order chi connectivity index (χ1) is 8.83. The summed E-state index contributed by atoms with van der Waals surface area (Å²) in [6, 6.07) is 12.0. The molecule has 0 spiro atoms. The molecule has 2 heterocycles. The first-order valence-electron chi connectivity index (χ1n) is 5.99. The standard InChI is InChI=1S/C14H12BClN2/c16-12-3-1-11(2-4-12)14-7-10-18(17-14)13-5-8-15-9-6-13/h1-6,8-9H,7,10H2. The number of anilines is 1. The van der Waals surface area contributed by atoms with Crippen molar-refractivity contribution in [3.63, 3.8) is 0 Å². The molecule has 2 aromatic rings. The molecule has 0 atom stereocenters. The van der Waals surface area contributed by atoms with Crippen LogP contribution in [0, 0.1) is 0 Å². The van der Waals surface area contributed by atoms with Gasteiger partial charge in [0.1, 0.15) is 0 Å². The van der Waals surface area contributed by atoms with Crippen LogP contribution < -0.4 is 5.01 Å². The molecule has 0 amide bonds. The number of benzene rings is 1. The summed E-state index contributed by atoms with van der Waals surface area (Å²) in [6.07, 6.45) is 0.969. The molecule has 1 aliphatic rings. The second kappa shape index (κ2) is 4.95. The third-order valence-electron chi connectivity index (χ3n) is 3.03. The fraction of sp³-hybridized carbons (Fsp3) is 0.143. The van der Waals surface area contributed by atoms with E-state index in [0.717, 1.165) is 35.0 Å². The number of nitrogens with zero attached hydrogens (tertiary/aromatic N) is 2. The van der Waals surface area contributed by atoms with Gasteiger partial charge < -0.3 is 0 Å². The van der Waals surface area contributed by atoms with Crippen LogP contribution in [0.15, 0.2) is 53.4 Å². The fourth-order valence-corrected chi connectivity index (χ4v) is 2.21. The zero-order chi connectivity index (χ0) is 12.4. The van der Waals surface area contributed by atoms with E-state index >= 15 is 0 Å². The van der Waals surface area contributed by atoms with E-state index in [1.165, 1.54) is 0 Å². The van der Waals surface area contributed by atoms with Gasteiger partial charge in [0.15, 0.2) is 0 Å². The Balaban J connectivity index is 1.86. The molecule has 18 heavy (non-hydrogen) atoms. The van der Waals surface area contributed by atoms with Gasteiger partial charge in [0, 0.05) is 0 Å². The molecule has 0 bridgehead atoms.